The van der Waals surface area contributed by atoms with Gasteiger partial charge in [0, 0.05) is 12.1 Å². The van der Waals surface area contributed by atoms with E-state index in [4.69, 9.17) is 33.2 Å². The number of rotatable bonds is 3. The molecule has 0 aliphatic carbocycles. The fraction of sp³-hybridized carbons (Fsp3) is 0.100. The molecule has 0 atom stereocenters. The average Bonchev–Trinajstić information content (AvgIpc) is 2.71. The molecule has 10 heteroatoms. The molecule has 0 bridgehead atoms. The largest absolute Gasteiger partial charge is 0.454 e. The smallest absolute Gasteiger partial charge is 0.347 e. The summed E-state index contributed by atoms with van der Waals surface area (Å²) < 4.78 is 5.82. The van der Waals surface area contributed by atoms with Crippen LogP contribution in [-0.4, -0.2) is 24.2 Å². The number of ether oxygens (including phenoxy) is 1. The number of anilines is 1. The molecule has 30 heavy (non-hydrogen) atoms. The number of fused-ring (bicyclic) bond motifs is 1. The molecular formula is C20H13Cl2N5O3. The summed E-state index contributed by atoms with van der Waals surface area (Å²) in [5, 5.41) is 19.5. The number of halogens is 2. The normalized spacial score (nSPS) is 15.6. The standard InChI is InChI=1S/C20H13Cl2N5O3/c1-10-17(9-23)26-27(20(29)25-10)12-6-15(21)18(16(22)7-12)30-13-3-2-11-4-5-24-19(28)14(11)8-13/h2-3,6-8H,1,4-5H2,(H,24,28)(H,25,29). The van der Waals surface area contributed by atoms with Gasteiger partial charge in [0.15, 0.2) is 11.5 Å². The van der Waals surface area contributed by atoms with Gasteiger partial charge in [-0.3, -0.25) is 4.79 Å². The molecule has 4 rings (SSSR count). The second-order valence-corrected chi connectivity index (χ2v) is 7.26. The zero-order valence-electron chi connectivity index (χ0n) is 15.3. The lowest BCUT2D eigenvalue weighted by Gasteiger charge is -2.24. The van der Waals surface area contributed by atoms with Crippen molar-refractivity contribution in [2.45, 2.75) is 6.42 Å². The Bertz CT molecular complexity index is 1160. The first kappa shape index (κ1) is 19.8. The molecule has 2 aliphatic rings. The summed E-state index contributed by atoms with van der Waals surface area (Å²) in [6.07, 6.45) is 0.743. The van der Waals surface area contributed by atoms with Crippen LogP contribution in [0, 0.1) is 11.3 Å². The number of benzene rings is 2. The lowest BCUT2D eigenvalue weighted by atomic mass is 10.0. The molecule has 0 saturated heterocycles. The highest BCUT2D eigenvalue weighted by Gasteiger charge is 2.26. The van der Waals surface area contributed by atoms with Crippen molar-refractivity contribution < 1.29 is 14.3 Å². The Balaban J connectivity index is 1.66. The number of nitriles is 1. The summed E-state index contributed by atoms with van der Waals surface area (Å²) in [6, 6.07) is 9.27. The van der Waals surface area contributed by atoms with Gasteiger partial charge < -0.3 is 15.4 Å². The van der Waals surface area contributed by atoms with Crippen molar-refractivity contribution in [1.29, 1.82) is 5.26 Å². The average molecular weight is 442 g/mol. The molecule has 2 N–H and O–H groups in total. The second-order valence-electron chi connectivity index (χ2n) is 6.45. The van der Waals surface area contributed by atoms with Crippen LogP contribution in [0.2, 0.25) is 10.0 Å². The van der Waals surface area contributed by atoms with Crippen LogP contribution in [0.5, 0.6) is 11.5 Å². The Kier molecular flexibility index (Phi) is 5.08. The van der Waals surface area contributed by atoms with E-state index in [-0.39, 0.29) is 38.8 Å². The predicted octanol–water partition coefficient (Wildman–Crippen LogP) is 3.99. The summed E-state index contributed by atoms with van der Waals surface area (Å²) in [5.74, 6) is 0.377. The zero-order chi connectivity index (χ0) is 21.4. The minimum absolute atomic E-state index is 0.0468. The number of nitrogens with zero attached hydrogens (tertiary/aromatic N) is 3. The fourth-order valence-corrected chi connectivity index (χ4v) is 3.60. The molecule has 2 aromatic rings. The summed E-state index contributed by atoms with van der Waals surface area (Å²) in [5.41, 5.74) is 1.76. The number of hydrogen-bond donors (Lipinski definition) is 2. The Hall–Kier alpha value is -3.54. The van der Waals surface area contributed by atoms with Crippen LogP contribution in [0.3, 0.4) is 0 Å². The summed E-state index contributed by atoms with van der Waals surface area (Å²) in [4.78, 5) is 24.3. The van der Waals surface area contributed by atoms with Crippen LogP contribution in [0.1, 0.15) is 15.9 Å². The molecule has 8 nitrogen and oxygen atoms in total. The molecule has 0 aromatic heterocycles. The number of carbonyl (C=O) groups is 2. The summed E-state index contributed by atoms with van der Waals surface area (Å²) >= 11 is 12.7. The molecular weight excluding hydrogens is 429 g/mol. The predicted molar refractivity (Wildman–Crippen MR) is 112 cm³/mol. The summed E-state index contributed by atoms with van der Waals surface area (Å²) in [6.45, 7) is 4.16. The van der Waals surface area contributed by atoms with Crippen LogP contribution in [0.25, 0.3) is 0 Å². The van der Waals surface area contributed by atoms with Gasteiger partial charge in [-0.05, 0) is 36.2 Å². The number of amides is 3. The molecule has 0 saturated carbocycles. The van der Waals surface area contributed by atoms with Crippen LogP contribution >= 0.6 is 23.2 Å². The van der Waals surface area contributed by atoms with Gasteiger partial charge in [-0.2, -0.15) is 15.4 Å². The fourth-order valence-electron chi connectivity index (χ4n) is 3.05. The first-order valence-electron chi connectivity index (χ1n) is 8.74. The van der Waals surface area contributed by atoms with Crippen LogP contribution in [0.4, 0.5) is 10.5 Å². The van der Waals surface area contributed by atoms with Crippen molar-refractivity contribution in [3.05, 3.63) is 63.8 Å². The Morgan fingerprint density at radius 1 is 1.20 bits per heavy atom. The Morgan fingerprint density at radius 3 is 2.63 bits per heavy atom. The van der Waals surface area contributed by atoms with Gasteiger partial charge in [0.05, 0.1) is 21.4 Å². The van der Waals surface area contributed by atoms with E-state index < -0.39 is 6.03 Å². The number of carbonyl (C=O) groups excluding carboxylic acids is 2. The van der Waals surface area contributed by atoms with Crippen molar-refractivity contribution in [3.8, 4) is 17.6 Å². The van der Waals surface area contributed by atoms with E-state index in [0.717, 1.165) is 17.0 Å². The third-order valence-corrected chi connectivity index (χ3v) is 5.06. The van der Waals surface area contributed by atoms with E-state index in [1.54, 1.807) is 12.1 Å². The lowest BCUT2D eigenvalue weighted by Crippen LogP contribution is -2.42. The minimum Gasteiger partial charge on any atom is -0.454 e. The highest BCUT2D eigenvalue weighted by atomic mass is 35.5. The van der Waals surface area contributed by atoms with Crippen molar-refractivity contribution in [2.24, 2.45) is 5.10 Å². The molecule has 150 valence electrons. The Labute approximate surface area is 181 Å². The number of hydrazone groups is 1. The molecule has 3 amide bonds. The number of urea groups is 1. The minimum atomic E-state index is -0.611. The van der Waals surface area contributed by atoms with Crippen LogP contribution < -0.4 is 20.4 Å². The van der Waals surface area contributed by atoms with Crippen molar-refractivity contribution in [2.75, 3.05) is 11.6 Å². The van der Waals surface area contributed by atoms with Gasteiger partial charge >= 0.3 is 6.03 Å². The van der Waals surface area contributed by atoms with Crippen molar-refractivity contribution >= 4 is 46.5 Å². The molecule has 0 spiro atoms. The maximum absolute atomic E-state index is 12.2. The van der Waals surface area contributed by atoms with E-state index in [0.29, 0.717) is 17.9 Å². The van der Waals surface area contributed by atoms with E-state index in [1.807, 2.05) is 12.1 Å². The SMILES string of the molecule is C=C1NC(=O)N(c2cc(Cl)c(Oc3ccc4c(c3)C(=O)NCC4)c(Cl)c2)N=C1C#N. The van der Waals surface area contributed by atoms with E-state index in [9.17, 15) is 9.59 Å². The van der Waals surface area contributed by atoms with Gasteiger partial charge in [-0.25, -0.2) is 4.79 Å². The summed E-state index contributed by atoms with van der Waals surface area (Å²) in [7, 11) is 0. The molecule has 2 aliphatic heterocycles. The highest BCUT2D eigenvalue weighted by molar-refractivity contribution is 6.37. The second kappa shape index (κ2) is 7.71. The van der Waals surface area contributed by atoms with Crippen LogP contribution in [0.15, 0.2) is 47.7 Å². The number of hydrogen-bond acceptors (Lipinski definition) is 5. The van der Waals surface area contributed by atoms with Gasteiger partial charge in [0.2, 0.25) is 0 Å². The van der Waals surface area contributed by atoms with Gasteiger partial charge in [-0.15, -0.1) is 0 Å². The zero-order valence-corrected chi connectivity index (χ0v) is 16.8. The van der Waals surface area contributed by atoms with E-state index in [2.05, 4.69) is 22.3 Å². The molecule has 0 unspecified atom stereocenters. The molecule has 2 heterocycles. The van der Waals surface area contributed by atoms with Gasteiger partial charge in [0.25, 0.3) is 5.91 Å². The first-order valence-corrected chi connectivity index (χ1v) is 9.50. The van der Waals surface area contributed by atoms with Crippen molar-refractivity contribution in [1.82, 2.24) is 10.6 Å². The Morgan fingerprint density at radius 2 is 1.93 bits per heavy atom. The topological polar surface area (TPSA) is 107 Å². The molecule has 0 fully saturated rings. The van der Waals surface area contributed by atoms with Gasteiger partial charge in [0.1, 0.15) is 11.8 Å². The third kappa shape index (κ3) is 3.56. The third-order valence-electron chi connectivity index (χ3n) is 4.50. The van der Waals surface area contributed by atoms with Gasteiger partial charge in [-0.1, -0.05) is 35.8 Å². The lowest BCUT2D eigenvalue weighted by molar-refractivity contribution is 0.0945. The maximum atomic E-state index is 12.2. The quantitative estimate of drug-likeness (QED) is 0.750. The number of allylic oxidation sites excluding steroid dienone is 1. The first-order chi connectivity index (χ1) is 14.4. The molecule has 2 aromatic carbocycles. The van der Waals surface area contributed by atoms with Crippen LogP contribution in [-0.2, 0) is 6.42 Å². The van der Waals surface area contributed by atoms with E-state index in [1.165, 1.54) is 12.1 Å². The van der Waals surface area contributed by atoms with E-state index >= 15 is 0 Å². The van der Waals surface area contributed by atoms with Crippen molar-refractivity contribution in [3.63, 3.8) is 0 Å². The maximum Gasteiger partial charge on any atom is 0.347 e. The highest BCUT2D eigenvalue weighted by Crippen LogP contribution is 2.40. The monoisotopic (exact) mass is 441 g/mol. The number of nitrogens with one attached hydrogen (secondary N) is 2. The molecule has 0 radical (unpaired) electrons.